The van der Waals surface area contributed by atoms with E-state index in [0.717, 1.165) is 32.8 Å². The standard InChI is InChI=1S/C14H14N4O2S2/c1-21-14-17-12-11(22-14)13(16-8-15-12)18-4-6-20-10(7-18)9-3-2-5-19-9/h2-3,5,8,10H,4,6-7H2,1H3. The van der Waals surface area contributed by atoms with Gasteiger partial charge in [-0.2, -0.15) is 0 Å². The lowest BCUT2D eigenvalue weighted by molar-refractivity contribution is 0.0256. The second-order valence-corrected chi connectivity index (χ2v) is 6.91. The van der Waals surface area contributed by atoms with E-state index in [2.05, 4.69) is 19.9 Å². The summed E-state index contributed by atoms with van der Waals surface area (Å²) >= 11 is 3.27. The summed E-state index contributed by atoms with van der Waals surface area (Å²) in [6.45, 7) is 2.16. The van der Waals surface area contributed by atoms with Crippen LogP contribution >= 0.6 is 23.1 Å². The third-order valence-corrected chi connectivity index (χ3v) is 5.58. The molecule has 1 unspecified atom stereocenters. The van der Waals surface area contributed by atoms with Crippen LogP contribution < -0.4 is 4.90 Å². The molecule has 0 aliphatic carbocycles. The summed E-state index contributed by atoms with van der Waals surface area (Å²) in [5, 5.41) is 0. The summed E-state index contributed by atoms with van der Waals surface area (Å²) in [6, 6.07) is 3.83. The molecule has 0 spiro atoms. The van der Waals surface area contributed by atoms with Crippen LogP contribution in [-0.2, 0) is 4.74 Å². The Hall–Kier alpha value is -1.64. The number of rotatable bonds is 3. The molecule has 0 amide bonds. The molecule has 1 aliphatic rings. The van der Waals surface area contributed by atoms with Crippen LogP contribution in [0.25, 0.3) is 10.3 Å². The van der Waals surface area contributed by atoms with Gasteiger partial charge in [-0.15, -0.1) is 11.3 Å². The van der Waals surface area contributed by atoms with Crippen LogP contribution in [0.3, 0.4) is 0 Å². The van der Waals surface area contributed by atoms with Crippen LogP contribution in [0.2, 0.25) is 0 Å². The highest BCUT2D eigenvalue weighted by Gasteiger charge is 2.26. The second kappa shape index (κ2) is 5.86. The molecule has 1 aliphatic heterocycles. The molecular weight excluding hydrogens is 320 g/mol. The number of anilines is 1. The maximum absolute atomic E-state index is 5.82. The Morgan fingerprint density at radius 2 is 2.36 bits per heavy atom. The molecule has 6 nitrogen and oxygen atoms in total. The minimum Gasteiger partial charge on any atom is -0.467 e. The van der Waals surface area contributed by atoms with Crippen molar-refractivity contribution in [3.63, 3.8) is 0 Å². The summed E-state index contributed by atoms with van der Waals surface area (Å²) in [7, 11) is 0. The first-order valence-electron chi connectivity index (χ1n) is 6.90. The number of thioether (sulfide) groups is 1. The molecule has 4 heterocycles. The number of thiazole rings is 1. The van der Waals surface area contributed by atoms with Crippen LogP contribution in [0.4, 0.5) is 5.82 Å². The number of hydrogen-bond acceptors (Lipinski definition) is 8. The monoisotopic (exact) mass is 334 g/mol. The highest BCUT2D eigenvalue weighted by molar-refractivity contribution is 8.00. The molecule has 0 saturated carbocycles. The minimum atomic E-state index is -0.0679. The van der Waals surface area contributed by atoms with Gasteiger partial charge >= 0.3 is 0 Å². The van der Waals surface area contributed by atoms with Gasteiger partial charge in [0.1, 0.15) is 22.9 Å². The fraction of sp³-hybridized carbons (Fsp3) is 0.357. The SMILES string of the molecule is CSc1nc2ncnc(N3CCOC(c4ccco4)C3)c2s1. The summed E-state index contributed by atoms with van der Waals surface area (Å²) < 4.78 is 13.3. The van der Waals surface area contributed by atoms with E-state index in [4.69, 9.17) is 9.15 Å². The number of nitrogens with zero attached hydrogens (tertiary/aromatic N) is 4. The van der Waals surface area contributed by atoms with Crippen molar-refractivity contribution in [2.75, 3.05) is 30.9 Å². The van der Waals surface area contributed by atoms with Crippen molar-refractivity contribution in [1.29, 1.82) is 0 Å². The summed E-state index contributed by atoms with van der Waals surface area (Å²) in [5.41, 5.74) is 0.764. The van der Waals surface area contributed by atoms with Crippen LogP contribution in [-0.4, -0.2) is 40.9 Å². The first-order valence-corrected chi connectivity index (χ1v) is 8.95. The highest BCUT2D eigenvalue weighted by atomic mass is 32.2. The zero-order valence-corrected chi connectivity index (χ0v) is 13.6. The van der Waals surface area contributed by atoms with Crippen molar-refractivity contribution in [2.45, 2.75) is 10.4 Å². The third kappa shape index (κ3) is 2.47. The van der Waals surface area contributed by atoms with Gasteiger partial charge in [0.15, 0.2) is 15.8 Å². The second-order valence-electron chi connectivity index (χ2n) is 4.85. The quantitative estimate of drug-likeness (QED) is 0.682. The Labute approximate surface area is 135 Å². The first-order chi connectivity index (χ1) is 10.8. The van der Waals surface area contributed by atoms with Gasteiger partial charge in [-0.05, 0) is 18.4 Å². The Balaban J connectivity index is 1.67. The summed E-state index contributed by atoms with van der Waals surface area (Å²) in [5.74, 6) is 1.78. The molecule has 0 aromatic carbocycles. The van der Waals surface area contributed by atoms with Crippen molar-refractivity contribution in [1.82, 2.24) is 15.0 Å². The van der Waals surface area contributed by atoms with Crippen LogP contribution in [0.1, 0.15) is 11.9 Å². The topological polar surface area (TPSA) is 64.3 Å². The molecule has 3 aromatic rings. The van der Waals surface area contributed by atoms with E-state index in [1.54, 1.807) is 35.7 Å². The lowest BCUT2D eigenvalue weighted by Crippen LogP contribution is -2.38. The molecular formula is C14H14N4O2S2. The Morgan fingerprint density at radius 3 is 3.18 bits per heavy atom. The van der Waals surface area contributed by atoms with E-state index in [9.17, 15) is 0 Å². The van der Waals surface area contributed by atoms with E-state index in [1.165, 1.54) is 0 Å². The molecule has 3 aromatic heterocycles. The Morgan fingerprint density at radius 1 is 1.41 bits per heavy atom. The maximum atomic E-state index is 5.82. The van der Waals surface area contributed by atoms with E-state index >= 15 is 0 Å². The van der Waals surface area contributed by atoms with Crippen molar-refractivity contribution in [2.24, 2.45) is 0 Å². The number of hydrogen-bond donors (Lipinski definition) is 0. The van der Waals surface area contributed by atoms with Gasteiger partial charge in [-0.25, -0.2) is 15.0 Å². The third-order valence-electron chi connectivity index (χ3n) is 3.55. The van der Waals surface area contributed by atoms with Gasteiger partial charge in [0, 0.05) is 6.54 Å². The molecule has 0 N–H and O–H groups in total. The number of ether oxygens (including phenoxy) is 1. The van der Waals surface area contributed by atoms with E-state index in [0.29, 0.717) is 13.2 Å². The Kier molecular flexibility index (Phi) is 3.73. The average Bonchev–Trinajstić information content (AvgIpc) is 3.23. The smallest absolute Gasteiger partial charge is 0.176 e. The zero-order chi connectivity index (χ0) is 14.9. The largest absolute Gasteiger partial charge is 0.467 e. The average molecular weight is 334 g/mol. The lowest BCUT2D eigenvalue weighted by Gasteiger charge is -2.32. The molecule has 0 bridgehead atoms. The molecule has 22 heavy (non-hydrogen) atoms. The van der Waals surface area contributed by atoms with Crippen molar-refractivity contribution in [3.05, 3.63) is 30.5 Å². The van der Waals surface area contributed by atoms with E-state index in [1.807, 2.05) is 18.4 Å². The van der Waals surface area contributed by atoms with Crippen LogP contribution in [0.5, 0.6) is 0 Å². The van der Waals surface area contributed by atoms with E-state index < -0.39 is 0 Å². The number of fused-ring (bicyclic) bond motifs is 1. The summed E-state index contributed by atoms with van der Waals surface area (Å²) in [4.78, 5) is 15.5. The molecule has 114 valence electrons. The van der Waals surface area contributed by atoms with Crippen LogP contribution in [0, 0.1) is 0 Å². The molecule has 4 rings (SSSR count). The predicted octanol–water partition coefficient (Wildman–Crippen LogP) is 2.98. The minimum absolute atomic E-state index is 0.0679. The van der Waals surface area contributed by atoms with Gasteiger partial charge < -0.3 is 14.1 Å². The highest BCUT2D eigenvalue weighted by Crippen LogP contribution is 2.34. The summed E-state index contributed by atoms with van der Waals surface area (Å²) in [6.07, 6.45) is 5.21. The molecule has 8 heteroatoms. The van der Waals surface area contributed by atoms with Gasteiger partial charge in [-0.1, -0.05) is 11.8 Å². The normalized spacial score (nSPS) is 19.0. The Bertz CT molecular complexity index is 774. The van der Waals surface area contributed by atoms with Crippen molar-refractivity contribution in [3.8, 4) is 0 Å². The molecule has 1 saturated heterocycles. The fourth-order valence-corrected chi connectivity index (χ4v) is 4.05. The fourth-order valence-electron chi connectivity index (χ4n) is 2.52. The van der Waals surface area contributed by atoms with Crippen molar-refractivity contribution >= 4 is 39.3 Å². The van der Waals surface area contributed by atoms with Gasteiger partial charge in [0.25, 0.3) is 0 Å². The molecule has 1 fully saturated rings. The number of furan rings is 1. The van der Waals surface area contributed by atoms with Gasteiger partial charge in [-0.3, -0.25) is 0 Å². The van der Waals surface area contributed by atoms with Gasteiger partial charge in [0.05, 0.1) is 19.4 Å². The maximum Gasteiger partial charge on any atom is 0.176 e. The molecule has 0 radical (unpaired) electrons. The zero-order valence-electron chi connectivity index (χ0n) is 11.9. The number of morpholine rings is 1. The van der Waals surface area contributed by atoms with Crippen LogP contribution in [0.15, 0.2) is 33.5 Å². The number of aromatic nitrogens is 3. The lowest BCUT2D eigenvalue weighted by atomic mass is 10.2. The molecule has 1 atom stereocenters. The first kappa shape index (κ1) is 14.0. The van der Waals surface area contributed by atoms with Gasteiger partial charge in [0.2, 0.25) is 0 Å². The predicted molar refractivity (Wildman–Crippen MR) is 86.6 cm³/mol. The van der Waals surface area contributed by atoms with Crippen molar-refractivity contribution < 1.29 is 9.15 Å². The van der Waals surface area contributed by atoms with E-state index in [-0.39, 0.29) is 6.10 Å².